The van der Waals surface area contributed by atoms with E-state index in [0.717, 1.165) is 50.1 Å². The van der Waals surface area contributed by atoms with E-state index in [4.69, 9.17) is 9.47 Å². The van der Waals surface area contributed by atoms with Crippen molar-refractivity contribution >= 4 is 29.1 Å². The summed E-state index contributed by atoms with van der Waals surface area (Å²) in [4.78, 5) is 17.9. The van der Waals surface area contributed by atoms with Gasteiger partial charge in [-0.2, -0.15) is 0 Å². The molecular formula is C30H37ClN2O3. The number of hydrogen-bond donors (Lipinski definition) is 0. The second-order valence-electron chi connectivity index (χ2n) is 9.96. The summed E-state index contributed by atoms with van der Waals surface area (Å²) < 4.78 is 10.9. The van der Waals surface area contributed by atoms with Crippen molar-refractivity contribution in [2.75, 3.05) is 46.9 Å². The third kappa shape index (κ3) is 5.79. The van der Waals surface area contributed by atoms with Crippen LogP contribution >= 0.6 is 12.4 Å². The van der Waals surface area contributed by atoms with Gasteiger partial charge in [-0.25, -0.2) is 0 Å². The van der Waals surface area contributed by atoms with Gasteiger partial charge in [0, 0.05) is 25.2 Å². The lowest BCUT2D eigenvalue weighted by Crippen LogP contribution is -2.45. The number of amides is 1. The summed E-state index contributed by atoms with van der Waals surface area (Å²) in [6.07, 6.45) is 5.55. The Morgan fingerprint density at radius 1 is 0.944 bits per heavy atom. The molecule has 5 nitrogen and oxygen atoms in total. The molecule has 1 saturated heterocycles. The smallest absolute Gasteiger partial charge is 0.254 e. The largest absolute Gasteiger partial charge is 0.493 e. The first-order valence-corrected chi connectivity index (χ1v) is 12.9. The molecule has 0 saturated carbocycles. The molecule has 36 heavy (non-hydrogen) atoms. The molecule has 6 heteroatoms. The van der Waals surface area contributed by atoms with E-state index in [1.54, 1.807) is 14.2 Å². The van der Waals surface area contributed by atoms with Gasteiger partial charge in [-0.3, -0.25) is 4.79 Å². The van der Waals surface area contributed by atoms with E-state index < -0.39 is 0 Å². The highest BCUT2D eigenvalue weighted by atomic mass is 35.5. The number of rotatable bonds is 8. The first-order valence-electron chi connectivity index (χ1n) is 12.9. The summed E-state index contributed by atoms with van der Waals surface area (Å²) in [7, 11) is 3.25. The molecule has 3 aromatic rings. The Bertz CT molecular complexity index is 1200. The van der Waals surface area contributed by atoms with Gasteiger partial charge in [0.2, 0.25) is 0 Å². The van der Waals surface area contributed by atoms with Crippen LogP contribution in [0.15, 0.2) is 54.6 Å². The zero-order valence-corrected chi connectivity index (χ0v) is 22.2. The van der Waals surface area contributed by atoms with E-state index in [-0.39, 0.29) is 18.3 Å². The first-order chi connectivity index (χ1) is 17.1. The monoisotopic (exact) mass is 508 g/mol. The van der Waals surface area contributed by atoms with Crippen molar-refractivity contribution in [3.8, 4) is 11.5 Å². The van der Waals surface area contributed by atoms with Crippen LogP contribution < -0.4 is 9.47 Å². The number of carbonyl (C=O) groups is 1. The molecule has 5 rings (SSSR count). The normalized spacial score (nSPS) is 18.0. The van der Waals surface area contributed by atoms with Crippen molar-refractivity contribution < 1.29 is 14.3 Å². The summed E-state index contributed by atoms with van der Waals surface area (Å²) in [5.74, 6) is 1.98. The van der Waals surface area contributed by atoms with Crippen molar-refractivity contribution in [2.45, 2.75) is 32.1 Å². The second kappa shape index (κ2) is 12.0. The molecule has 3 aromatic carbocycles. The third-order valence-corrected chi connectivity index (χ3v) is 7.61. The average Bonchev–Trinajstić information content (AvgIpc) is 2.90. The summed E-state index contributed by atoms with van der Waals surface area (Å²) in [6.45, 7) is 4.99. The fraction of sp³-hybridized carbons (Fsp3) is 0.433. The Balaban J connectivity index is 0.00000304. The van der Waals surface area contributed by atoms with Crippen molar-refractivity contribution in [1.29, 1.82) is 0 Å². The number of hydrogen-bond acceptors (Lipinski definition) is 4. The van der Waals surface area contributed by atoms with Gasteiger partial charge >= 0.3 is 0 Å². The van der Waals surface area contributed by atoms with Crippen LogP contribution in [0.1, 0.15) is 40.7 Å². The summed E-state index contributed by atoms with van der Waals surface area (Å²) in [5.41, 5.74) is 3.24. The van der Waals surface area contributed by atoms with Crippen LogP contribution in [0.2, 0.25) is 0 Å². The van der Waals surface area contributed by atoms with Crippen LogP contribution in [0.5, 0.6) is 11.5 Å². The fourth-order valence-corrected chi connectivity index (χ4v) is 5.74. The fourth-order valence-electron chi connectivity index (χ4n) is 5.74. The van der Waals surface area contributed by atoms with E-state index in [1.165, 1.54) is 42.1 Å². The van der Waals surface area contributed by atoms with Gasteiger partial charge in [0.1, 0.15) is 0 Å². The Morgan fingerprint density at radius 2 is 1.72 bits per heavy atom. The molecule has 2 heterocycles. The minimum absolute atomic E-state index is 0. The minimum Gasteiger partial charge on any atom is -0.493 e. The maximum absolute atomic E-state index is 13.3. The van der Waals surface area contributed by atoms with Crippen LogP contribution in [0.4, 0.5) is 0 Å². The van der Waals surface area contributed by atoms with E-state index >= 15 is 0 Å². The van der Waals surface area contributed by atoms with Gasteiger partial charge in [-0.1, -0.05) is 42.5 Å². The Hall–Kier alpha value is -2.76. The van der Waals surface area contributed by atoms with Gasteiger partial charge in [0.25, 0.3) is 5.91 Å². The number of halogens is 1. The predicted octanol–water partition coefficient (Wildman–Crippen LogP) is 5.62. The number of nitrogens with zero attached hydrogens (tertiary/aromatic N) is 2. The van der Waals surface area contributed by atoms with Crippen molar-refractivity contribution in [1.82, 2.24) is 9.80 Å². The quantitative estimate of drug-likeness (QED) is 0.396. The SMILES string of the molecule is COc1cc2c(cc1OC)C(=O)N(CC1CCCN(CCCc3ccc4ccccc4c3)C1)CC2.Cl. The Labute approximate surface area is 220 Å². The van der Waals surface area contributed by atoms with Gasteiger partial charge in [-0.15, -0.1) is 12.4 Å². The molecule has 0 bridgehead atoms. The maximum Gasteiger partial charge on any atom is 0.254 e. The number of fused-ring (bicyclic) bond motifs is 2. The molecule has 0 radical (unpaired) electrons. The van der Waals surface area contributed by atoms with E-state index in [0.29, 0.717) is 17.4 Å². The van der Waals surface area contributed by atoms with Crippen LogP contribution in [0.3, 0.4) is 0 Å². The zero-order valence-electron chi connectivity index (χ0n) is 21.4. The highest BCUT2D eigenvalue weighted by Gasteiger charge is 2.29. The molecule has 2 aliphatic heterocycles. The molecule has 1 atom stereocenters. The molecule has 0 N–H and O–H groups in total. The van der Waals surface area contributed by atoms with Crippen LogP contribution in [0.25, 0.3) is 10.8 Å². The molecule has 1 unspecified atom stereocenters. The average molecular weight is 509 g/mol. The molecule has 0 spiro atoms. The lowest BCUT2D eigenvalue weighted by Gasteiger charge is -2.37. The first kappa shape index (κ1) is 26.3. The van der Waals surface area contributed by atoms with Crippen molar-refractivity contribution in [3.05, 3.63) is 71.3 Å². The van der Waals surface area contributed by atoms with Gasteiger partial charge in [0.15, 0.2) is 11.5 Å². The van der Waals surface area contributed by atoms with E-state index in [2.05, 4.69) is 52.3 Å². The second-order valence-corrected chi connectivity index (χ2v) is 9.96. The number of carbonyl (C=O) groups excluding carboxylic acids is 1. The Kier molecular flexibility index (Phi) is 8.76. The Morgan fingerprint density at radius 3 is 2.53 bits per heavy atom. The molecule has 0 aromatic heterocycles. The number of likely N-dealkylation sites (tertiary alicyclic amines) is 1. The van der Waals surface area contributed by atoms with E-state index in [1.807, 2.05) is 12.1 Å². The lowest BCUT2D eigenvalue weighted by atomic mass is 9.93. The minimum atomic E-state index is 0. The molecule has 1 amide bonds. The molecule has 0 aliphatic carbocycles. The predicted molar refractivity (Wildman–Crippen MR) is 148 cm³/mol. The van der Waals surface area contributed by atoms with Crippen LogP contribution in [-0.4, -0.2) is 62.7 Å². The van der Waals surface area contributed by atoms with Gasteiger partial charge in [-0.05, 0) is 85.1 Å². The van der Waals surface area contributed by atoms with Crippen LogP contribution in [-0.2, 0) is 12.8 Å². The topological polar surface area (TPSA) is 42.0 Å². The number of benzene rings is 3. The van der Waals surface area contributed by atoms with Crippen molar-refractivity contribution in [2.24, 2.45) is 5.92 Å². The van der Waals surface area contributed by atoms with Gasteiger partial charge < -0.3 is 19.3 Å². The van der Waals surface area contributed by atoms with Crippen LogP contribution in [0, 0.1) is 5.92 Å². The molecule has 192 valence electrons. The number of aryl methyl sites for hydroxylation is 1. The summed E-state index contributed by atoms with van der Waals surface area (Å²) >= 11 is 0. The van der Waals surface area contributed by atoms with Gasteiger partial charge in [0.05, 0.1) is 14.2 Å². The standard InChI is InChI=1S/C30H36N2O3.ClH/c1-34-28-18-26-13-16-32(30(33)27(26)19-29(28)35-2)21-23-8-6-15-31(20-23)14-5-7-22-11-12-24-9-3-4-10-25(24)17-22;/h3-4,9-12,17-19,23H,5-8,13-16,20-21H2,1-2H3;1H. The molecular weight excluding hydrogens is 472 g/mol. The lowest BCUT2D eigenvalue weighted by molar-refractivity contribution is 0.0660. The molecule has 2 aliphatic rings. The third-order valence-electron chi connectivity index (χ3n) is 7.61. The zero-order chi connectivity index (χ0) is 24.2. The summed E-state index contributed by atoms with van der Waals surface area (Å²) in [6, 6.07) is 19.2. The maximum atomic E-state index is 13.3. The summed E-state index contributed by atoms with van der Waals surface area (Å²) in [5, 5.41) is 2.63. The highest BCUT2D eigenvalue weighted by molar-refractivity contribution is 5.97. The number of ether oxygens (including phenoxy) is 2. The number of methoxy groups -OCH3 is 2. The number of piperidine rings is 1. The molecule has 1 fully saturated rings. The van der Waals surface area contributed by atoms with E-state index in [9.17, 15) is 4.79 Å². The van der Waals surface area contributed by atoms with Crippen molar-refractivity contribution in [3.63, 3.8) is 0 Å². The highest BCUT2D eigenvalue weighted by Crippen LogP contribution is 2.33.